The molecule has 0 amide bonds. The van der Waals surface area contributed by atoms with Gasteiger partial charge in [-0.3, -0.25) is 0 Å². The van der Waals surface area contributed by atoms with Gasteiger partial charge in [0.2, 0.25) is 5.69 Å². The summed E-state index contributed by atoms with van der Waals surface area (Å²) in [5, 5.41) is 0. The Kier molecular flexibility index (Phi) is 3.12. The summed E-state index contributed by atoms with van der Waals surface area (Å²) < 4.78 is 6.15. The summed E-state index contributed by atoms with van der Waals surface area (Å²) in [7, 11) is 0. The van der Waals surface area contributed by atoms with Crippen LogP contribution in [0.25, 0.3) is 4.85 Å². The zero-order chi connectivity index (χ0) is 8.97. The maximum atomic E-state index is 6.88. The summed E-state index contributed by atoms with van der Waals surface area (Å²) in [5.41, 5.74) is 0.547. The summed E-state index contributed by atoms with van der Waals surface area (Å²) in [6, 6.07) is 5.40. The zero-order valence-electron chi connectivity index (χ0n) is 6.67. The third-order valence-corrected chi connectivity index (χ3v) is 1.83. The second-order valence-corrected chi connectivity index (χ2v) is 3.07. The molecular weight excluding hydrogens is 218 g/mol. The van der Waals surface area contributed by atoms with Gasteiger partial charge < -0.3 is 4.74 Å². The van der Waals surface area contributed by atoms with Crippen molar-refractivity contribution in [3.05, 3.63) is 34.1 Å². The molecule has 0 atom stereocenters. The number of nitrogens with zero attached hydrogens (tertiary/aromatic N) is 1. The van der Waals surface area contributed by atoms with Crippen molar-refractivity contribution in [1.29, 1.82) is 0 Å². The van der Waals surface area contributed by atoms with Crippen molar-refractivity contribution in [2.24, 2.45) is 0 Å². The highest BCUT2D eigenvalue weighted by Gasteiger charge is 2.02. The lowest BCUT2D eigenvalue weighted by Crippen LogP contribution is -1.90. The first kappa shape index (κ1) is 9.08. The Morgan fingerprint density at radius 2 is 2.33 bits per heavy atom. The Balaban J connectivity index is 3.05. The molecule has 12 heavy (non-hydrogen) atoms. The molecule has 3 heteroatoms. The van der Waals surface area contributed by atoms with Crippen LogP contribution in [0.2, 0.25) is 0 Å². The molecule has 0 aliphatic rings. The Morgan fingerprint density at radius 1 is 1.58 bits per heavy atom. The molecule has 0 saturated heterocycles. The summed E-state index contributed by atoms with van der Waals surface area (Å²) >= 11 is 3.29. The SMILES string of the molecule is [C-]#[N+]c1cc(Br)ccc1OCC. The lowest BCUT2D eigenvalue weighted by Gasteiger charge is -2.04. The lowest BCUT2D eigenvalue weighted by molar-refractivity contribution is 0.342. The van der Waals surface area contributed by atoms with E-state index in [1.54, 1.807) is 12.1 Å². The topological polar surface area (TPSA) is 13.6 Å². The smallest absolute Gasteiger partial charge is 0.229 e. The molecule has 0 unspecified atom stereocenters. The predicted octanol–water partition coefficient (Wildman–Crippen LogP) is 3.40. The number of rotatable bonds is 2. The van der Waals surface area contributed by atoms with Crippen molar-refractivity contribution in [3.8, 4) is 5.75 Å². The number of ether oxygens (including phenoxy) is 1. The molecular formula is C9H8BrNO. The van der Waals surface area contributed by atoms with Crippen LogP contribution in [0.5, 0.6) is 5.75 Å². The highest BCUT2D eigenvalue weighted by atomic mass is 79.9. The van der Waals surface area contributed by atoms with Crippen molar-refractivity contribution >= 4 is 21.6 Å². The first-order valence-corrected chi connectivity index (χ1v) is 4.37. The van der Waals surface area contributed by atoms with Crippen LogP contribution in [0.15, 0.2) is 22.7 Å². The van der Waals surface area contributed by atoms with Gasteiger partial charge in [0.1, 0.15) is 5.75 Å². The van der Waals surface area contributed by atoms with Gasteiger partial charge in [-0.1, -0.05) is 15.9 Å². The van der Waals surface area contributed by atoms with Crippen LogP contribution in [0.4, 0.5) is 5.69 Å². The molecule has 1 rings (SSSR count). The number of benzene rings is 1. The van der Waals surface area contributed by atoms with E-state index in [4.69, 9.17) is 11.3 Å². The van der Waals surface area contributed by atoms with Gasteiger partial charge in [0.15, 0.2) is 0 Å². The van der Waals surface area contributed by atoms with Crippen LogP contribution < -0.4 is 4.74 Å². The average Bonchev–Trinajstić information content (AvgIpc) is 2.08. The molecule has 0 spiro atoms. The van der Waals surface area contributed by atoms with Gasteiger partial charge in [0.25, 0.3) is 0 Å². The molecule has 0 fully saturated rings. The number of halogens is 1. The fourth-order valence-corrected chi connectivity index (χ4v) is 1.20. The Labute approximate surface area is 80.1 Å². The maximum Gasteiger partial charge on any atom is 0.229 e. The second kappa shape index (κ2) is 4.13. The third kappa shape index (κ3) is 1.99. The van der Waals surface area contributed by atoms with Gasteiger partial charge in [-0.15, -0.1) is 0 Å². The number of hydrogen-bond acceptors (Lipinski definition) is 1. The van der Waals surface area contributed by atoms with Gasteiger partial charge >= 0.3 is 0 Å². The summed E-state index contributed by atoms with van der Waals surface area (Å²) in [6.45, 7) is 9.37. The van der Waals surface area contributed by atoms with Crippen LogP contribution in [0, 0.1) is 6.57 Å². The first-order chi connectivity index (χ1) is 5.77. The Hall–Kier alpha value is -1.01. The highest BCUT2D eigenvalue weighted by Crippen LogP contribution is 2.30. The molecule has 2 nitrogen and oxygen atoms in total. The van der Waals surface area contributed by atoms with Gasteiger partial charge in [0, 0.05) is 4.47 Å². The lowest BCUT2D eigenvalue weighted by atomic mass is 10.3. The fourth-order valence-electron chi connectivity index (χ4n) is 0.855. The molecule has 0 aliphatic carbocycles. The molecule has 0 aromatic heterocycles. The molecule has 0 bridgehead atoms. The molecule has 0 N–H and O–H groups in total. The zero-order valence-corrected chi connectivity index (χ0v) is 8.26. The van der Waals surface area contributed by atoms with E-state index in [2.05, 4.69) is 20.8 Å². The number of hydrogen-bond donors (Lipinski definition) is 0. The van der Waals surface area contributed by atoms with Crippen LogP contribution in [0.1, 0.15) is 6.92 Å². The van der Waals surface area contributed by atoms with Crippen molar-refractivity contribution in [2.75, 3.05) is 6.61 Å². The molecule has 0 heterocycles. The van der Waals surface area contributed by atoms with Crippen LogP contribution in [-0.2, 0) is 0 Å². The molecule has 0 radical (unpaired) electrons. The van der Waals surface area contributed by atoms with Crippen molar-refractivity contribution in [3.63, 3.8) is 0 Å². The summed E-state index contributed by atoms with van der Waals surface area (Å²) in [6.07, 6.45) is 0. The van der Waals surface area contributed by atoms with E-state index in [0.717, 1.165) is 4.47 Å². The Bertz CT molecular complexity index is 317. The van der Waals surface area contributed by atoms with Crippen molar-refractivity contribution in [1.82, 2.24) is 0 Å². The molecule has 0 saturated carbocycles. The van der Waals surface area contributed by atoms with Crippen molar-refractivity contribution in [2.45, 2.75) is 6.92 Å². The normalized spacial score (nSPS) is 9.08. The minimum absolute atomic E-state index is 0.547. The molecule has 1 aromatic carbocycles. The molecule has 0 aliphatic heterocycles. The van der Waals surface area contributed by atoms with E-state index in [-0.39, 0.29) is 0 Å². The minimum atomic E-state index is 0.547. The van der Waals surface area contributed by atoms with E-state index < -0.39 is 0 Å². The summed E-state index contributed by atoms with van der Waals surface area (Å²) in [4.78, 5) is 3.34. The van der Waals surface area contributed by atoms with E-state index in [9.17, 15) is 0 Å². The van der Waals surface area contributed by atoms with Crippen molar-refractivity contribution < 1.29 is 4.74 Å². The minimum Gasteiger partial charge on any atom is -0.505 e. The van der Waals surface area contributed by atoms with Crippen LogP contribution >= 0.6 is 15.9 Å². The van der Waals surface area contributed by atoms with E-state index >= 15 is 0 Å². The third-order valence-electron chi connectivity index (χ3n) is 1.34. The molecule has 62 valence electrons. The van der Waals surface area contributed by atoms with Gasteiger partial charge in [-0.05, 0) is 25.1 Å². The van der Waals surface area contributed by atoms with E-state index in [0.29, 0.717) is 18.0 Å². The largest absolute Gasteiger partial charge is 0.505 e. The van der Waals surface area contributed by atoms with Gasteiger partial charge in [-0.2, -0.15) is 0 Å². The second-order valence-electron chi connectivity index (χ2n) is 2.16. The average molecular weight is 226 g/mol. The van der Waals surface area contributed by atoms with Crippen LogP contribution in [0.3, 0.4) is 0 Å². The Morgan fingerprint density at radius 3 is 2.92 bits per heavy atom. The fraction of sp³-hybridized carbons (Fsp3) is 0.222. The first-order valence-electron chi connectivity index (χ1n) is 3.57. The standard InChI is InChI=1S/C9H8BrNO/c1-3-12-9-5-4-7(10)6-8(9)11-2/h4-6H,3H2,1H3. The van der Waals surface area contributed by atoms with Gasteiger partial charge in [0.05, 0.1) is 13.2 Å². The molecule has 1 aromatic rings. The highest BCUT2D eigenvalue weighted by molar-refractivity contribution is 9.10. The van der Waals surface area contributed by atoms with Crippen LogP contribution in [-0.4, -0.2) is 6.61 Å². The van der Waals surface area contributed by atoms with E-state index in [1.807, 2.05) is 13.0 Å². The maximum absolute atomic E-state index is 6.88. The predicted molar refractivity (Wildman–Crippen MR) is 51.6 cm³/mol. The summed E-state index contributed by atoms with van der Waals surface area (Å²) in [5.74, 6) is 0.649. The van der Waals surface area contributed by atoms with E-state index in [1.165, 1.54) is 0 Å². The van der Waals surface area contributed by atoms with Gasteiger partial charge in [-0.25, -0.2) is 4.85 Å². The quantitative estimate of drug-likeness (QED) is 0.704. The monoisotopic (exact) mass is 225 g/mol.